The van der Waals surface area contributed by atoms with E-state index in [1.165, 1.54) is 0 Å². The van der Waals surface area contributed by atoms with Gasteiger partial charge in [0.05, 0.1) is 0 Å². The summed E-state index contributed by atoms with van der Waals surface area (Å²) >= 11 is 6.05. The molecular formula is C11H14ClN5. The van der Waals surface area contributed by atoms with Crippen molar-refractivity contribution in [3.05, 3.63) is 28.8 Å². The molecular weight excluding hydrogens is 238 g/mol. The van der Waals surface area contributed by atoms with Gasteiger partial charge in [-0.25, -0.2) is 9.97 Å². The monoisotopic (exact) mass is 251 g/mol. The van der Waals surface area contributed by atoms with E-state index in [2.05, 4.69) is 20.4 Å². The number of hydrogen-bond acceptors (Lipinski definition) is 4. The van der Waals surface area contributed by atoms with Crippen molar-refractivity contribution in [2.24, 2.45) is 7.05 Å². The fourth-order valence-corrected chi connectivity index (χ4v) is 1.60. The molecule has 0 aliphatic heterocycles. The molecule has 0 atom stereocenters. The van der Waals surface area contributed by atoms with Crippen LogP contribution < -0.4 is 5.32 Å². The van der Waals surface area contributed by atoms with Crippen LogP contribution in [0.3, 0.4) is 0 Å². The van der Waals surface area contributed by atoms with Crippen LogP contribution in [0.2, 0.25) is 5.15 Å². The third-order valence-electron chi connectivity index (χ3n) is 2.41. The number of aryl methyl sites for hydroxylation is 2. The van der Waals surface area contributed by atoms with Crippen molar-refractivity contribution < 1.29 is 0 Å². The molecule has 17 heavy (non-hydrogen) atoms. The molecule has 0 radical (unpaired) electrons. The first-order valence-electron chi connectivity index (χ1n) is 5.40. The molecule has 0 spiro atoms. The quantitative estimate of drug-likeness (QED) is 0.852. The summed E-state index contributed by atoms with van der Waals surface area (Å²) in [6.07, 6.45) is 2.61. The average molecular weight is 252 g/mol. The van der Waals surface area contributed by atoms with E-state index in [-0.39, 0.29) is 0 Å². The standard InChI is InChI=1S/C11H14ClN5/c1-4-8-13-10(12)7(2)11(14-8)15-9-5-6-17(3)16-9/h5-6H,4H2,1-3H3,(H,13,14,15,16). The van der Waals surface area contributed by atoms with Crippen LogP contribution >= 0.6 is 11.6 Å². The molecule has 0 saturated heterocycles. The van der Waals surface area contributed by atoms with E-state index in [0.717, 1.165) is 23.6 Å². The highest BCUT2D eigenvalue weighted by molar-refractivity contribution is 6.30. The van der Waals surface area contributed by atoms with E-state index in [0.29, 0.717) is 11.0 Å². The van der Waals surface area contributed by atoms with Crippen molar-refractivity contribution in [1.82, 2.24) is 19.7 Å². The molecule has 2 aromatic heterocycles. The molecule has 0 amide bonds. The minimum absolute atomic E-state index is 0.482. The predicted octanol–water partition coefficient (Wildman–Crippen LogP) is 2.48. The molecule has 2 aromatic rings. The Balaban J connectivity index is 2.34. The summed E-state index contributed by atoms with van der Waals surface area (Å²) in [7, 11) is 1.86. The first kappa shape index (κ1) is 11.9. The van der Waals surface area contributed by atoms with Crippen LogP contribution in [0.25, 0.3) is 0 Å². The number of aromatic nitrogens is 4. The highest BCUT2D eigenvalue weighted by Gasteiger charge is 2.09. The lowest BCUT2D eigenvalue weighted by molar-refractivity contribution is 0.770. The maximum absolute atomic E-state index is 6.05. The van der Waals surface area contributed by atoms with Crippen LogP contribution in [0.5, 0.6) is 0 Å². The highest BCUT2D eigenvalue weighted by Crippen LogP contribution is 2.22. The van der Waals surface area contributed by atoms with Gasteiger partial charge < -0.3 is 5.32 Å². The van der Waals surface area contributed by atoms with E-state index in [9.17, 15) is 0 Å². The topological polar surface area (TPSA) is 55.6 Å². The molecule has 0 saturated carbocycles. The lowest BCUT2D eigenvalue weighted by Gasteiger charge is -2.08. The smallest absolute Gasteiger partial charge is 0.153 e. The molecule has 0 aliphatic carbocycles. The Morgan fingerprint density at radius 2 is 2.18 bits per heavy atom. The third-order valence-corrected chi connectivity index (χ3v) is 2.78. The second-order valence-corrected chi connectivity index (χ2v) is 4.12. The Morgan fingerprint density at radius 1 is 1.41 bits per heavy atom. The highest BCUT2D eigenvalue weighted by atomic mass is 35.5. The van der Waals surface area contributed by atoms with E-state index >= 15 is 0 Å². The van der Waals surface area contributed by atoms with Crippen LogP contribution in [0.4, 0.5) is 11.6 Å². The Labute approximate surface area is 105 Å². The van der Waals surface area contributed by atoms with Gasteiger partial charge in [0, 0.05) is 31.3 Å². The van der Waals surface area contributed by atoms with Crippen molar-refractivity contribution in [3.8, 4) is 0 Å². The molecule has 0 aromatic carbocycles. The van der Waals surface area contributed by atoms with Gasteiger partial charge in [0.1, 0.15) is 16.8 Å². The Kier molecular flexibility index (Phi) is 3.28. The number of hydrogen-bond donors (Lipinski definition) is 1. The molecule has 5 nitrogen and oxygen atoms in total. The second kappa shape index (κ2) is 4.71. The second-order valence-electron chi connectivity index (χ2n) is 3.76. The number of rotatable bonds is 3. The van der Waals surface area contributed by atoms with Crippen LogP contribution in [-0.2, 0) is 13.5 Å². The fourth-order valence-electron chi connectivity index (χ4n) is 1.42. The number of halogens is 1. The summed E-state index contributed by atoms with van der Waals surface area (Å²) in [5, 5.41) is 7.86. The molecule has 6 heteroatoms. The van der Waals surface area contributed by atoms with Crippen molar-refractivity contribution in [3.63, 3.8) is 0 Å². The summed E-state index contributed by atoms with van der Waals surface area (Å²) in [5.74, 6) is 2.17. The third kappa shape index (κ3) is 2.55. The SMILES string of the molecule is CCc1nc(Cl)c(C)c(Nc2ccn(C)n2)n1. The maximum atomic E-state index is 6.05. The van der Waals surface area contributed by atoms with E-state index in [1.807, 2.05) is 33.2 Å². The van der Waals surface area contributed by atoms with Gasteiger partial charge in [0.25, 0.3) is 0 Å². The van der Waals surface area contributed by atoms with Gasteiger partial charge in [-0.3, -0.25) is 4.68 Å². The minimum atomic E-state index is 0.482. The molecule has 0 fully saturated rings. The zero-order chi connectivity index (χ0) is 12.4. The van der Waals surface area contributed by atoms with Gasteiger partial charge >= 0.3 is 0 Å². The summed E-state index contributed by atoms with van der Waals surface area (Å²) in [6, 6.07) is 1.88. The largest absolute Gasteiger partial charge is 0.323 e. The summed E-state index contributed by atoms with van der Waals surface area (Å²) in [6.45, 7) is 3.87. The fraction of sp³-hybridized carbons (Fsp3) is 0.364. The number of nitrogens with one attached hydrogen (secondary N) is 1. The van der Waals surface area contributed by atoms with Gasteiger partial charge in [-0.15, -0.1) is 0 Å². The van der Waals surface area contributed by atoms with Crippen LogP contribution in [-0.4, -0.2) is 19.7 Å². The summed E-state index contributed by atoms with van der Waals surface area (Å²) in [4.78, 5) is 8.59. The lowest BCUT2D eigenvalue weighted by Crippen LogP contribution is -2.03. The Morgan fingerprint density at radius 3 is 2.76 bits per heavy atom. The van der Waals surface area contributed by atoms with Crippen molar-refractivity contribution in [2.45, 2.75) is 20.3 Å². The lowest BCUT2D eigenvalue weighted by atomic mass is 10.3. The van der Waals surface area contributed by atoms with Crippen molar-refractivity contribution in [1.29, 1.82) is 0 Å². The van der Waals surface area contributed by atoms with Crippen LogP contribution in [0.1, 0.15) is 18.3 Å². The molecule has 0 bridgehead atoms. The maximum Gasteiger partial charge on any atom is 0.153 e. The average Bonchev–Trinajstić information content (AvgIpc) is 2.70. The van der Waals surface area contributed by atoms with Gasteiger partial charge in [-0.1, -0.05) is 18.5 Å². The number of anilines is 2. The summed E-state index contributed by atoms with van der Waals surface area (Å²) in [5.41, 5.74) is 0.828. The molecule has 0 unspecified atom stereocenters. The van der Waals surface area contributed by atoms with Crippen LogP contribution in [0.15, 0.2) is 12.3 Å². The van der Waals surface area contributed by atoms with E-state index in [1.54, 1.807) is 4.68 Å². The van der Waals surface area contributed by atoms with Crippen molar-refractivity contribution >= 4 is 23.2 Å². The van der Waals surface area contributed by atoms with Gasteiger partial charge in [0.15, 0.2) is 5.82 Å². The Hall–Kier alpha value is -1.62. The van der Waals surface area contributed by atoms with Crippen LogP contribution in [0, 0.1) is 6.92 Å². The minimum Gasteiger partial charge on any atom is -0.323 e. The van der Waals surface area contributed by atoms with E-state index in [4.69, 9.17) is 11.6 Å². The first-order valence-corrected chi connectivity index (χ1v) is 5.77. The van der Waals surface area contributed by atoms with Gasteiger partial charge in [-0.2, -0.15) is 5.10 Å². The molecule has 90 valence electrons. The number of nitrogens with zero attached hydrogens (tertiary/aromatic N) is 4. The predicted molar refractivity (Wildman–Crippen MR) is 67.6 cm³/mol. The zero-order valence-corrected chi connectivity index (χ0v) is 10.8. The molecule has 2 heterocycles. The Bertz CT molecular complexity index is 535. The summed E-state index contributed by atoms with van der Waals surface area (Å²) < 4.78 is 1.72. The molecule has 2 rings (SSSR count). The van der Waals surface area contributed by atoms with Crippen molar-refractivity contribution in [2.75, 3.05) is 5.32 Å². The van der Waals surface area contributed by atoms with Gasteiger partial charge in [-0.05, 0) is 6.92 Å². The molecule has 0 aliphatic rings. The normalized spacial score (nSPS) is 10.6. The van der Waals surface area contributed by atoms with Gasteiger partial charge in [0.2, 0.25) is 0 Å². The van der Waals surface area contributed by atoms with E-state index < -0.39 is 0 Å². The first-order chi connectivity index (χ1) is 8.10. The zero-order valence-electron chi connectivity index (χ0n) is 10.0. The molecule has 1 N–H and O–H groups in total.